The van der Waals surface area contributed by atoms with Gasteiger partial charge in [0.05, 0.1) is 5.54 Å². The largest absolute Gasteiger partial charge is 0.345 e. The second kappa shape index (κ2) is 4.57. The Hall–Kier alpha value is -2.04. The highest BCUT2D eigenvalue weighted by molar-refractivity contribution is 5.39. The number of aromatic nitrogens is 2. The van der Waals surface area contributed by atoms with Crippen LogP contribution in [0.4, 0.5) is 14.7 Å². The molecular weight excluding hydrogens is 248 g/mol. The number of hydrogen-bond donors (Lipinski definition) is 1. The fourth-order valence-electron chi connectivity index (χ4n) is 2.39. The summed E-state index contributed by atoms with van der Waals surface area (Å²) in [4.78, 5) is 8.24. The molecule has 0 atom stereocenters. The minimum absolute atomic E-state index is 0.379. The molecule has 0 aliphatic heterocycles. The van der Waals surface area contributed by atoms with E-state index in [2.05, 4.69) is 15.3 Å². The quantitative estimate of drug-likeness (QED) is 0.921. The third-order valence-electron chi connectivity index (χ3n) is 3.60. The van der Waals surface area contributed by atoms with E-state index in [1.165, 1.54) is 6.07 Å². The molecule has 0 amide bonds. The van der Waals surface area contributed by atoms with Gasteiger partial charge >= 0.3 is 0 Å². The number of nitrogens with zero attached hydrogens (tertiary/aromatic N) is 2. The molecule has 1 aliphatic carbocycles. The molecule has 98 valence electrons. The Morgan fingerprint density at radius 2 is 1.79 bits per heavy atom. The summed E-state index contributed by atoms with van der Waals surface area (Å²) in [6, 6.07) is 5.77. The summed E-state index contributed by atoms with van der Waals surface area (Å²) >= 11 is 0. The predicted molar refractivity (Wildman–Crippen MR) is 67.5 cm³/mol. The van der Waals surface area contributed by atoms with Crippen LogP contribution in [-0.4, -0.2) is 9.97 Å². The van der Waals surface area contributed by atoms with Crippen molar-refractivity contribution in [1.82, 2.24) is 9.97 Å². The molecule has 1 aromatic carbocycles. The van der Waals surface area contributed by atoms with Crippen LogP contribution in [0.2, 0.25) is 0 Å². The zero-order valence-corrected chi connectivity index (χ0v) is 10.2. The minimum atomic E-state index is -0.825. The first kappa shape index (κ1) is 12.0. The maximum Gasteiger partial charge on any atom is 0.223 e. The molecule has 0 saturated heterocycles. The van der Waals surface area contributed by atoms with Gasteiger partial charge in [0.25, 0.3) is 0 Å². The Bertz CT molecular complexity index is 582. The van der Waals surface area contributed by atoms with Crippen molar-refractivity contribution in [2.75, 3.05) is 5.32 Å². The number of rotatable bonds is 3. The summed E-state index contributed by atoms with van der Waals surface area (Å²) in [6.45, 7) is 0. The number of anilines is 1. The van der Waals surface area contributed by atoms with E-state index in [0.29, 0.717) is 5.95 Å². The number of halogens is 2. The average molecular weight is 261 g/mol. The average Bonchev–Trinajstić information content (AvgIpc) is 2.38. The molecular formula is C14H13F2N3. The van der Waals surface area contributed by atoms with Gasteiger partial charge in [-0.1, -0.05) is 6.07 Å². The van der Waals surface area contributed by atoms with Crippen molar-refractivity contribution >= 4 is 5.95 Å². The van der Waals surface area contributed by atoms with E-state index in [1.54, 1.807) is 24.5 Å². The molecule has 0 spiro atoms. The Morgan fingerprint density at radius 3 is 2.37 bits per heavy atom. The van der Waals surface area contributed by atoms with E-state index in [0.717, 1.165) is 30.9 Å². The van der Waals surface area contributed by atoms with Crippen molar-refractivity contribution in [2.45, 2.75) is 24.8 Å². The van der Waals surface area contributed by atoms with Gasteiger partial charge in [0.1, 0.15) is 0 Å². The van der Waals surface area contributed by atoms with E-state index < -0.39 is 11.6 Å². The monoisotopic (exact) mass is 261 g/mol. The van der Waals surface area contributed by atoms with E-state index in [9.17, 15) is 8.78 Å². The summed E-state index contributed by atoms with van der Waals surface area (Å²) in [6.07, 6.45) is 6.05. The summed E-state index contributed by atoms with van der Waals surface area (Å²) < 4.78 is 26.4. The van der Waals surface area contributed by atoms with Crippen LogP contribution in [-0.2, 0) is 5.54 Å². The zero-order chi connectivity index (χ0) is 13.3. The fourth-order valence-corrected chi connectivity index (χ4v) is 2.39. The normalized spacial score (nSPS) is 16.7. The van der Waals surface area contributed by atoms with Crippen molar-refractivity contribution in [3.63, 3.8) is 0 Å². The molecule has 0 unspecified atom stereocenters. The number of nitrogens with one attached hydrogen (secondary N) is 1. The van der Waals surface area contributed by atoms with Crippen molar-refractivity contribution < 1.29 is 8.78 Å². The molecule has 3 nitrogen and oxygen atoms in total. The lowest BCUT2D eigenvalue weighted by atomic mass is 9.72. The Kier molecular flexibility index (Phi) is 2.89. The van der Waals surface area contributed by atoms with E-state index in [-0.39, 0.29) is 5.54 Å². The molecule has 2 aromatic rings. The molecule has 0 bridgehead atoms. The third-order valence-corrected chi connectivity index (χ3v) is 3.60. The maximum absolute atomic E-state index is 13.4. The number of benzene rings is 1. The Labute approximate surface area is 109 Å². The van der Waals surface area contributed by atoms with E-state index >= 15 is 0 Å². The molecule has 0 radical (unpaired) electrons. The second-order valence-corrected chi connectivity index (χ2v) is 4.76. The van der Waals surface area contributed by atoms with E-state index in [1.807, 2.05) is 0 Å². The van der Waals surface area contributed by atoms with Crippen LogP contribution in [0.5, 0.6) is 0 Å². The third kappa shape index (κ3) is 2.16. The standard InChI is InChI=1S/C14H13F2N3/c15-11-4-3-10(9-12(11)16)14(5-1-6-14)19-13-17-7-2-8-18-13/h2-4,7-9H,1,5-6H2,(H,17,18,19). The first-order valence-corrected chi connectivity index (χ1v) is 6.20. The van der Waals surface area contributed by atoms with Crippen molar-refractivity contribution in [3.8, 4) is 0 Å². The topological polar surface area (TPSA) is 37.8 Å². The molecule has 1 fully saturated rings. The second-order valence-electron chi connectivity index (χ2n) is 4.76. The molecule has 1 aromatic heterocycles. The highest BCUT2D eigenvalue weighted by Gasteiger charge is 2.39. The van der Waals surface area contributed by atoms with Gasteiger partial charge in [-0.2, -0.15) is 0 Å². The molecule has 3 rings (SSSR count). The molecule has 1 aliphatic rings. The summed E-state index contributed by atoms with van der Waals surface area (Å²) in [5.74, 6) is -1.14. The van der Waals surface area contributed by atoms with Crippen LogP contribution < -0.4 is 5.32 Å². The van der Waals surface area contributed by atoms with Gasteiger partial charge in [-0.3, -0.25) is 0 Å². The molecule has 1 N–H and O–H groups in total. The zero-order valence-electron chi connectivity index (χ0n) is 10.2. The van der Waals surface area contributed by atoms with Gasteiger partial charge < -0.3 is 5.32 Å². The lowest BCUT2D eigenvalue weighted by molar-refractivity contribution is 0.281. The van der Waals surface area contributed by atoms with Gasteiger partial charge in [-0.15, -0.1) is 0 Å². The van der Waals surface area contributed by atoms with Gasteiger partial charge in [0.2, 0.25) is 5.95 Å². The lowest BCUT2D eigenvalue weighted by Crippen LogP contribution is -2.42. The first-order chi connectivity index (χ1) is 9.20. The Morgan fingerprint density at radius 1 is 1.05 bits per heavy atom. The lowest BCUT2D eigenvalue weighted by Gasteiger charge is -2.43. The van der Waals surface area contributed by atoms with Crippen LogP contribution >= 0.6 is 0 Å². The van der Waals surface area contributed by atoms with Gasteiger partial charge in [0.15, 0.2) is 11.6 Å². The van der Waals surface area contributed by atoms with Crippen LogP contribution in [0.25, 0.3) is 0 Å². The van der Waals surface area contributed by atoms with E-state index in [4.69, 9.17) is 0 Å². The van der Waals surface area contributed by atoms with Crippen LogP contribution in [0.3, 0.4) is 0 Å². The van der Waals surface area contributed by atoms with Crippen molar-refractivity contribution in [1.29, 1.82) is 0 Å². The van der Waals surface area contributed by atoms with Crippen LogP contribution in [0, 0.1) is 11.6 Å². The fraction of sp³-hybridized carbons (Fsp3) is 0.286. The smallest absolute Gasteiger partial charge is 0.223 e. The Balaban J connectivity index is 1.92. The summed E-state index contributed by atoms with van der Waals surface area (Å²) in [5, 5.41) is 3.24. The van der Waals surface area contributed by atoms with Gasteiger partial charge in [-0.05, 0) is 43.0 Å². The summed E-state index contributed by atoms with van der Waals surface area (Å²) in [5.41, 5.74) is 0.362. The van der Waals surface area contributed by atoms with Crippen LogP contribution in [0.1, 0.15) is 24.8 Å². The molecule has 5 heteroatoms. The minimum Gasteiger partial charge on any atom is -0.345 e. The summed E-state index contributed by atoms with van der Waals surface area (Å²) in [7, 11) is 0. The highest BCUT2D eigenvalue weighted by Crippen LogP contribution is 2.43. The highest BCUT2D eigenvalue weighted by atomic mass is 19.2. The number of hydrogen-bond acceptors (Lipinski definition) is 3. The molecule has 1 heterocycles. The molecule has 19 heavy (non-hydrogen) atoms. The van der Waals surface area contributed by atoms with Crippen molar-refractivity contribution in [3.05, 3.63) is 53.9 Å². The van der Waals surface area contributed by atoms with Gasteiger partial charge in [-0.25, -0.2) is 18.7 Å². The maximum atomic E-state index is 13.4. The SMILES string of the molecule is Fc1ccc(C2(Nc3ncccn3)CCC2)cc1F. The van der Waals surface area contributed by atoms with Gasteiger partial charge in [0, 0.05) is 12.4 Å². The van der Waals surface area contributed by atoms with Crippen LogP contribution in [0.15, 0.2) is 36.7 Å². The predicted octanol–water partition coefficient (Wildman–Crippen LogP) is 3.25. The molecule has 1 saturated carbocycles. The first-order valence-electron chi connectivity index (χ1n) is 6.20. The van der Waals surface area contributed by atoms with Crippen molar-refractivity contribution in [2.24, 2.45) is 0 Å².